The summed E-state index contributed by atoms with van der Waals surface area (Å²) in [5.74, 6) is -0.591. The Labute approximate surface area is 178 Å². The van der Waals surface area contributed by atoms with E-state index in [2.05, 4.69) is 10.5 Å². The van der Waals surface area contributed by atoms with Crippen molar-refractivity contribution >= 4 is 56.1 Å². The van der Waals surface area contributed by atoms with E-state index in [1.807, 2.05) is 24.3 Å². The summed E-state index contributed by atoms with van der Waals surface area (Å²) in [5, 5.41) is 6.21. The minimum absolute atomic E-state index is 0.112. The van der Waals surface area contributed by atoms with E-state index in [0.29, 0.717) is 15.6 Å². The molecule has 0 saturated heterocycles. The quantitative estimate of drug-likeness (QED) is 0.457. The monoisotopic (exact) mass is 449 g/mol. The molecule has 0 aliphatic heterocycles. The zero-order valence-corrected chi connectivity index (χ0v) is 17.7. The second-order valence-corrected chi connectivity index (χ2v) is 9.04. The number of hydrogen-bond acceptors (Lipinski definition) is 4. The molecule has 3 aromatic rings. The fraction of sp³-hybridized carbons (Fsp3) is 0.100. The maximum atomic E-state index is 12.8. The molecular weight excluding hydrogens is 433 g/mol. The number of carbonyl (C=O) groups is 1. The number of likely N-dealkylation sites (N-methyl/N-ethyl adjacent to an activating group) is 1. The summed E-state index contributed by atoms with van der Waals surface area (Å²) in [6, 6.07) is 17.3. The van der Waals surface area contributed by atoms with Crippen LogP contribution in [0.25, 0.3) is 10.8 Å². The van der Waals surface area contributed by atoms with E-state index in [9.17, 15) is 13.2 Å². The van der Waals surface area contributed by atoms with Crippen LogP contribution in [-0.4, -0.2) is 38.4 Å². The molecule has 0 unspecified atom stereocenters. The van der Waals surface area contributed by atoms with Gasteiger partial charge < -0.3 is 0 Å². The number of nitrogens with one attached hydrogen (secondary N) is 1. The molecule has 0 heterocycles. The number of benzene rings is 3. The second kappa shape index (κ2) is 8.92. The summed E-state index contributed by atoms with van der Waals surface area (Å²) >= 11 is 12.0. The molecule has 0 aliphatic rings. The van der Waals surface area contributed by atoms with Crippen molar-refractivity contribution in [1.29, 1.82) is 0 Å². The van der Waals surface area contributed by atoms with Crippen molar-refractivity contribution < 1.29 is 13.2 Å². The van der Waals surface area contributed by atoms with Crippen molar-refractivity contribution in [1.82, 2.24) is 9.73 Å². The highest BCUT2D eigenvalue weighted by atomic mass is 35.5. The summed E-state index contributed by atoms with van der Waals surface area (Å²) < 4.78 is 26.5. The highest BCUT2D eigenvalue weighted by molar-refractivity contribution is 7.89. The van der Waals surface area contributed by atoms with Crippen LogP contribution in [-0.2, 0) is 14.8 Å². The van der Waals surface area contributed by atoms with Crippen LogP contribution in [0.2, 0.25) is 10.0 Å². The Balaban J connectivity index is 1.67. The lowest BCUT2D eigenvalue weighted by Crippen LogP contribution is -2.36. The minimum Gasteiger partial charge on any atom is -0.272 e. The van der Waals surface area contributed by atoms with Gasteiger partial charge in [0.05, 0.1) is 27.7 Å². The van der Waals surface area contributed by atoms with Gasteiger partial charge >= 0.3 is 0 Å². The third-order valence-corrected chi connectivity index (χ3v) is 6.80. The van der Waals surface area contributed by atoms with Crippen molar-refractivity contribution in [3.05, 3.63) is 76.3 Å². The van der Waals surface area contributed by atoms with E-state index in [0.717, 1.165) is 15.1 Å². The average molecular weight is 450 g/mol. The van der Waals surface area contributed by atoms with Gasteiger partial charge in [0.1, 0.15) is 0 Å². The van der Waals surface area contributed by atoms with E-state index >= 15 is 0 Å². The van der Waals surface area contributed by atoms with Crippen LogP contribution in [0.1, 0.15) is 5.56 Å². The molecule has 0 bridgehead atoms. The Morgan fingerprint density at radius 2 is 1.79 bits per heavy atom. The van der Waals surface area contributed by atoms with Crippen LogP contribution in [0, 0.1) is 0 Å². The van der Waals surface area contributed by atoms with Gasteiger partial charge in [-0.25, -0.2) is 13.8 Å². The first-order chi connectivity index (χ1) is 13.8. The molecule has 3 rings (SSSR count). The molecule has 150 valence electrons. The lowest BCUT2D eigenvalue weighted by molar-refractivity contribution is -0.121. The number of halogens is 2. The topological polar surface area (TPSA) is 78.8 Å². The highest BCUT2D eigenvalue weighted by Gasteiger charge is 2.23. The fourth-order valence-electron chi connectivity index (χ4n) is 2.62. The lowest BCUT2D eigenvalue weighted by atomic mass is 10.1. The number of nitrogens with zero attached hydrogens (tertiary/aromatic N) is 2. The molecule has 0 aliphatic carbocycles. The Morgan fingerprint density at radius 3 is 2.55 bits per heavy atom. The largest absolute Gasteiger partial charge is 0.272 e. The fourth-order valence-corrected chi connectivity index (χ4v) is 4.14. The number of rotatable bonds is 6. The Kier molecular flexibility index (Phi) is 6.54. The zero-order chi connectivity index (χ0) is 21.0. The first-order valence-corrected chi connectivity index (χ1v) is 10.7. The smallest absolute Gasteiger partial charge is 0.255 e. The number of hydrazone groups is 1. The van der Waals surface area contributed by atoms with Crippen LogP contribution in [0.4, 0.5) is 0 Å². The van der Waals surface area contributed by atoms with Crippen LogP contribution < -0.4 is 5.43 Å². The molecule has 0 aromatic heterocycles. The minimum atomic E-state index is -3.83. The molecule has 1 amide bonds. The first kappa shape index (κ1) is 21.3. The number of carbonyl (C=O) groups excluding carboxylic acids is 1. The summed E-state index contributed by atoms with van der Waals surface area (Å²) in [5.41, 5.74) is 2.81. The molecule has 1 N–H and O–H groups in total. The van der Waals surface area contributed by atoms with Crippen molar-refractivity contribution in [3.8, 4) is 0 Å². The predicted molar refractivity (Wildman–Crippen MR) is 116 cm³/mol. The van der Waals surface area contributed by atoms with Crippen LogP contribution in [0.3, 0.4) is 0 Å². The molecule has 6 nitrogen and oxygen atoms in total. The van der Waals surface area contributed by atoms with Crippen LogP contribution in [0.15, 0.2) is 70.7 Å². The predicted octanol–water partition coefficient (Wildman–Crippen LogP) is 3.92. The van der Waals surface area contributed by atoms with Gasteiger partial charge in [-0.1, -0.05) is 65.7 Å². The lowest BCUT2D eigenvalue weighted by Gasteiger charge is -2.16. The highest BCUT2D eigenvalue weighted by Crippen LogP contribution is 2.24. The number of amides is 1. The van der Waals surface area contributed by atoms with Gasteiger partial charge in [0.15, 0.2) is 0 Å². The molecule has 9 heteroatoms. The standard InChI is InChI=1S/C20H17Cl2N3O3S/c1-25(13-19(26)24-23-12-16-7-4-8-18(21)20(16)22)29(27,28)17-10-9-14-5-2-3-6-15(14)11-17/h2-12H,13H2,1H3,(H,24,26)/b23-12+. The maximum absolute atomic E-state index is 12.8. The van der Waals surface area contributed by atoms with E-state index in [1.165, 1.54) is 19.3 Å². The van der Waals surface area contributed by atoms with Gasteiger partial charge in [0.2, 0.25) is 10.0 Å². The third kappa shape index (κ3) is 4.94. The van der Waals surface area contributed by atoms with Crippen molar-refractivity contribution in [3.63, 3.8) is 0 Å². The van der Waals surface area contributed by atoms with E-state index < -0.39 is 22.5 Å². The molecule has 0 radical (unpaired) electrons. The summed E-state index contributed by atoms with van der Waals surface area (Å²) in [7, 11) is -2.50. The van der Waals surface area contributed by atoms with Gasteiger partial charge in [-0.05, 0) is 29.0 Å². The van der Waals surface area contributed by atoms with Crippen molar-refractivity contribution in [2.75, 3.05) is 13.6 Å². The molecule has 3 aromatic carbocycles. The van der Waals surface area contributed by atoms with Gasteiger partial charge in [-0.3, -0.25) is 4.79 Å². The number of hydrogen-bond donors (Lipinski definition) is 1. The molecule has 29 heavy (non-hydrogen) atoms. The van der Waals surface area contributed by atoms with E-state index in [1.54, 1.807) is 30.3 Å². The van der Waals surface area contributed by atoms with Crippen molar-refractivity contribution in [2.24, 2.45) is 5.10 Å². The second-order valence-electron chi connectivity index (χ2n) is 6.21. The third-order valence-electron chi connectivity index (χ3n) is 4.17. The Hall–Kier alpha value is -2.45. The van der Waals surface area contributed by atoms with Gasteiger partial charge in [-0.2, -0.15) is 9.41 Å². The molecule has 0 fully saturated rings. The summed E-state index contributed by atoms with van der Waals surface area (Å²) in [6.45, 7) is -0.393. The number of fused-ring (bicyclic) bond motifs is 1. The SMILES string of the molecule is CN(CC(=O)N/N=C/c1cccc(Cl)c1Cl)S(=O)(=O)c1ccc2ccccc2c1. The normalized spacial score (nSPS) is 12.0. The van der Waals surface area contributed by atoms with Gasteiger partial charge in [0, 0.05) is 12.6 Å². The van der Waals surface area contributed by atoms with Crippen molar-refractivity contribution in [2.45, 2.75) is 4.90 Å². The first-order valence-electron chi connectivity index (χ1n) is 8.50. The zero-order valence-electron chi connectivity index (χ0n) is 15.3. The van der Waals surface area contributed by atoms with E-state index in [4.69, 9.17) is 23.2 Å². The number of sulfonamides is 1. The molecule has 0 saturated carbocycles. The summed E-state index contributed by atoms with van der Waals surface area (Å²) in [6.07, 6.45) is 1.34. The average Bonchev–Trinajstić information content (AvgIpc) is 2.70. The Morgan fingerprint density at radius 1 is 1.07 bits per heavy atom. The van der Waals surface area contributed by atoms with Crippen LogP contribution in [0.5, 0.6) is 0 Å². The van der Waals surface area contributed by atoms with Gasteiger partial charge in [-0.15, -0.1) is 0 Å². The maximum Gasteiger partial charge on any atom is 0.255 e. The Bertz CT molecular complexity index is 1200. The summed E-state index contributed by atoms with van der Waals surface area (Å²) in [4.78, 5) is 12.2. The van der Waals surface area contributed by atoms with Gasteiger partial charge in [0.25, 0.3) is 5.91 Å². The van der Waals surface area contributed by atoms with Crippen LogP contribution >= 0.6 is 23.2 Å². The molecular formula is C20H17Cl2N3O3S. The molecule has 0 atom stereocenters. The van der Waals surface area contributed by atoms with E-state index in [-0.39, 0.29) is 4.90 Å². The molecule has 0 spiro atoms.